The molecule has 1 heterocycles. The highest BCUT2D eigenvalue weighted by Gasteiger charge is 2.33. The first kappa shape index (κ1) is 13.8. The number of anilines is 1. The van der Waals surface area contributed by atoms with Gasteiger partial charge in [-0.2, -0.15) is 0 Å². The summed E-state index contributed by atoms with van der Waals surface area (Å²) in [5, 5.41) is 3.09. The second-order valence-corrected chi connectivity index (χ2v) is 7.76. The van der Waals surface area contributed by atoms with E-state index in [9.17, 15) is 13.2 Å². The minimum absolute atomic E-state index is 0.0789. The summed E-state index contributed by atoms with van der Waals surface area (Å²) in [4.78, 5) is 11.9. The van der Waals surface area contributed by atoms with Crippen molar-refractivity contribution in [2.45, 2.75) is 6.42 Å². The number of amides is 1. The lowest BCUT2D eigenvalue weighted by atomic mass is 10.1. The van der Waals surface area contributed by atoms with Crippen LogP contribution in [0.15, 0.2) is 22.7 Å². The normalized spacial score (nSPS) is 21.8. The zero-order valence-corrected chi connectivity index (χ0v) is 12.5. The summed E-state index contributed by atoms with van der Waals surface area (Å²) in [6.45, 7) is 0. The lowest BCUT2D eigenvalue weighted by Crippen LogP contribution is -2.23. The Morgan fingerprint density at radius 1 is 1.44 bits per heavy atom. The molecular weight excluding hydrogens is 342 g/mol. The smallest absolute Gasteiger partial charge is 0.228 e. The van der Waals surface area contributed by atoms with Crippen molar-refractivity contribution in [3.05, 3.63) is 27.7 Å². The van der Waals surface area contributed by atoms with Crippen LogP contribution in [0.1, 0.15) is 6.42 Å². The zero-order valence-electron chi connectivity index (χ0n) is 9.32. The molecule has 1 unspecified atom stereocenters. The highest BCUT2D eigenvalue weighted by molar-refractivity contribution is 9.10. The molecule has 1 amide bonds. The standard InChI is InChI=1S/C11H11BrClNO3S/c12-8-1-2-9(13)10(5-8)14-11(15)7-3-4-18(16,17)6-7/h1-2,5,7H,3-4,6H2,(H,14,15). The number of carbonyl (C=O) groups excluding carboxylic acids is 1. The van der Waals surface area contributed by atoms with Crippen LogP contribution in [0.2, 0.25) is 5.02 Å². The average Bonchev–Trinajstić information content (AvgIpc) is 2.64. The van der Waals surface area contributed by atoms with Crippen LogP contribution < -0.4 is 5.32 Å². The summed E-state index contributed by atoms with van der Waals surface area (Å²) in [6, 6.07) is 5.11. The summed E-state index contributed by atoms with van der Waals surface area (Å²) in [7, 11) is -3.05. The van der Waals surface area contributed by atoms with Crippen molar-refractivity contribution < 1.29 is 13.2 Å². The van der Waals surface area contributed by atoms with Gasteiger partial charge in [-0.3, -0.25) is 4.79 Å². The van der Waals surface area contributed by atoms with Crippen molar-refractivity contribution >= 4 is 49.0 Å². The largest absolute Gasteiger partial charge is 0.324 e. The van der Waals surface area contributed by atoms with E-state index in [0.29, 0.717) is 17.1 Å². The van der Waals surface area contributed by atoms with E-state index in [-0.39, 0.29) is 17.4 Å². The van der Waals surface area contributed by atoms with E-state index in [2.05, 4.69) is 21.2 Å². The fourth-order valence-corrected chi connectivity index (χ4v) is 4.10. The summed E-state index contributed by atoms with van der Waals surface area (Å²) in [5.74, 6) is -0.775. The number of hydrogen-bond acceptors (Lipinski definition) is 3. The van der Waals surface area contributed by atoms with Crippen molar-refractivity contribution in [2.24, 2.45) is 5.92 Å². The van der Waals surface area contributed by atoms with E-state index in [1.165, 1.54) is 0 Å². The third kappa shape index (κ3) is 3.24. The van der Waals surface area contributed by atoms with Crippen molar-refractivity contribution in [3.63, 3.8) is 0 Å². The van der Waals surface area contributed by atoms with Crippen LogP contribution >= 0.6 is 27.5 Å². The molecule has 0 spiro atoms. The highest BCUT2D eigenvalue weighted by Crippen LogP contribution is 2.27. The molecule has 1 saturated heterocycles. The Morgan fingerprint density at radius 2 is 2.17 bits per heavy atom. The SMILES string of the molecule is O=C(Nc1cc(Br)ccc1Cl)C1CCS(=O)(=O)C1. The molecule has 1 atom stereocenters. The molecule has 4 nitrogen and oxygen atoms in total. The van der Waals surface area contributed by atoms with Gasteiger partial charge in [0, 0.05) is 4.47 Å². The summed E-state index contributed by atoms with van der Waals surface area (Å²) in [5.41, 5.74) is 0.486. The lowest BCUT2D eigenvalue weighted by molar-refractivity contribution is -0.119. The topological polar surface area (TPSA) is 63.2 Å². The predicted octanol–water partition coefficient (Wildman–Crippen LogP) is 2.48. The summed E-state index contributed by atoms with van der Waals surface area (Å²) in [6.07, 6.45) is 0.375. The van der Waals surface area contributed by atoms with E-state index in [1.54, 1.807) is 18.2 Å². The number of rotatable bonds is 2. The van der Waals surface area contributed by atoms with Crippen LogP contribution in [0.3, 0.4) is 0 Å². The van der Waals surface area contributed by atoms with E-state index in [4.69, 9.17) is 11.6 Å². The van der Waals surface area contributed by atoms with Gasteiger partial charge in [0.15, 0.2) is 9.84 Å². The Hall–Kier alpha value is -0.590. The molecule has 0 aliphatic carbocycles. The first-order chi connectivity index (χ1) is 8.37. The summed E-state index contributed by atoms with van der Waals surface area (Å²) < 4.78 is 23.4. The fourth-order valence-electron chi connectivity index (χ4n) is 1.83. The molecule has 0 saturated carbocycles. The van der Waals surface area contributed by atoms with E-state index in [0.717, 1.165) is 4.47 Å². The molecule has 1 aliphatic rings. The molecule has 2 rings (SSSR count). The molecule has 0 bridgehead atoms. The van der Waals surface area contributed by atoms with Crippen LogP contribution in [0.4, 0.5) is 5.69 Å². The molecular formula is C11H11BrClNO3S. The minimum Gasteiger partial charge on any atom is -0.324 e. The van der Waals surface area contributed by atoms with Crippen molar-refractivity contribution in [1.82, 2.24) is 0 Å². The minimum atomic E-state index is -3.05. The van der Waals surface area contributed by atoms with Crippen molar-refractivity contribution in [1.29, 1.82) is 0 Å². The Bertz CT molecular complexity index is 588. The van der Waals surface area contributed by atoms with E-state index in [1.807, 2.05) is 0 Å². The van der Waals surface area contributed by atoms with Gasteiger partial charge in [-0.05, 0) is 24.6 Å². The first-order valence-electron chi connectivity index (χ1n) is 5.34. The Labute approximate surface area is 119 Å². The van der Waals surface area contributed by atoms with Gasteiger partial charge in [-0.15, -0.1) is 0 Å². The van der Waals surface area contributed by atoms with Crippen LogP contribution in [-0.4, -0.2) is 25.8 Å². The van der Waals surface area contributed by atoms with E-state index < -0.39 is 15.8 Å². The number of hydrogen-bond donors (Lipinski definition) is 1. The molecule has 1 aromatic carbocycles. The molecule has 1 aliphatic heterocycles. The van der Waals surface area contributed by atoms with Crippen LogP contribution in [-0.2, 0) is 14.6 Å². The number of halogens is 2. The number of carbonyl (C=O) groups is 1. The third-order valence-electron chi connectivity index (χ3n) is 2.79. The van der Waals surface area contributed by atoms with Gasteiger partial charge in [0.1, 0.15) is 0 Å². The lowest BCUT2D eigenvalue weighted by Gasteiger charge is -2.11. The molecule has 1 N–H and O–H groups in total. The Morgan fingerprint density at radius 3 is 2.78 bits per heavy atom. The molecule has 1 aromatic rings. The molecule has 0 radical (unpaired) electrons. The van der Waals surface area contributed by atoms with Crippen LogP contribution in [0, 0.1) is 5.92 Å². The number of nitrogens with one attached hydrogen (secondary N) is 1. The maximum absolute atomic E-state index is 11.9. The molecule has 18 heavy (non-hydrogen) atoms. The zero-order chi connectivity index (χ0) is 13.3. The first-order valence-corrected chi connectivity index (χ1v) is 8.33. The predicted molar refractivity (Wildman–Crippen MR) is 74.5 cm³/mol. The third-order valence-corrected chi connectivity index (χ3v) is 5.38. The molecule has 98 valence electrons. The van der Waals surface area contributed by atoms with Crippen LogP contribution in [0.5, 0.6) is 0 Å². The second kappa shape index (κ2) is 5.19. The van der Waals surface area contributed by atoms with Crippen LogP contribution in [0.25, 0.3) is 0 Å². The molecule has 0 aromatic heterocycles. The van der Waals surface area contributed by atoms with Gasteiger partial charge >= 0.3 is 0 Å². The number of benzene rings is 1. The second-order valence-electron chi connectivity index (χ2n) is 4.21. The summed E-state index contributed by atoms with van der Waals surface area (Å²) >= 11 is 9.23. The van der Waals surface area contributed by atoms with Gasteiger partial charge in [-0.1, -0.05) is 27.5 Å². The maximum atomic E-state index is 11.9. The van der Waals surface area contributed by atoms with Gasteiger partial charge < -0.3 is 5.32 Å². The molecule has 7 heteroatoms. The monoisotopic (exact) mass is 351 g/mol. The number of sulfone groups is 1. The van der Waals surface area contributed by atoms with Gasteiger partial charge in [0.05, 0.1) is 28.1 Å². The maximum Gasteiger partial charge on any atom is 0.228 e. The Kier molecular flexibility index (Phi) is 3.99. The average molecular weight is 353 g/mol. The van der Waals surface area contributed by atoms with Crippen molar-refractivity contribution in [2.75, 3.05) is 16.8 Å². The van der Waals surface area contributed by atoms with Gasteiger partial charge in [-0.25, -0.2) is 8.42 Å². The molecule has 1 fully saturated rings. The van der Waals surface area contributed by atoms with Gasteiger partial charge in [0.25, 0.3) is 0 Å². The van der Waals surface area contributed by atoms with Crippen molar-refractivity contribution in [3.8, 4) is 0 Å². The van der Waals surface area contributed by atoms with E-state index >= 15 is 0 Å². The van der Waals surface area contributed by atoms with Gasteiger partial charge in [0.2, 0.25) is 5.91 Å². The quantitative estimate of drug-likeness (QED) is 0.889. The fraction of sp³-hybridized carbons (Fsp3) is 0.364. The Balaban J connectivity index is 2.10. The highest BCUT2D eigenvalue weighted by atomic mass is 79.9.